The quantitative estimate of drug-likeness (QED) is 0.691. The molecule has 2 saturated heterocycles. The molecule has 0 aromatic heterocycles. The molecular weight excluding hydrogens is 394 g/mol. The van der Waals surface area contributed by atoms with Crippen molar-refractivity contribution in [1.82, 2.24) is 14.1 Å². The molecule has 2 heterocycles. The molecule has 3 rings (SSSR count). The molecule has 1 spiro atoms. The zero-order chi connectivity index (χ0) is 21.2. The van der Waals surface area contributed by atoms with Crippen LogP contribution < -0.4 is 4.74 Å². The third kappa shape index (κ3) is 4.90. The van der Waals surface area contributed by atoms with Gasteiger partial charge in [0, 0.05) is 51.1 Å². The molecular formula is C20H29N3O5S. The van der Waals surface area contributed by atoms with E-state index in [0.717, 1.165) is 11.3 Å². The number of hydrogen-bond donors (Lipinski definition) is 0. The van der Waals surface area contributed by atoms with Gasteiger partial charge in [0.1, 0.15) is 5.75 Å². The number of sulfonamides is 1. The summed E-state index contributed by atoms with van der Waals surface area (Å²) in [5, 5.41) is 0. The minimum Gasteiger partial charge on any atom is -0.497 e. The predicted molar refractivity (Wildman–Crippen MR) is 109 cm³/mol. The van der Waals surface area contributed by atoms with Crippen LogP contribution in [-0.4, -0.2) is 87.0 Å². The Kier molecular flexibility index (Phi) is 6.19. The van der Waals surface area contributed by atoms with Crippen LogP contribution in [0.5, 0.6) is 5.75 Å². The average Bonchev–Trinajstić information content (AvgIpc) is 2.85. The lowest BCUT2D eigenvalue weighted by molar-refractivity contribution is -0.132. The molecule has 29 heavy (non-hydrogen) atoms. The highest BCUT2D eigenvalue weighted by Crippen LogP contribution is 2.35. The molecule has 8 nitrogen and oxygen atoms in total. The number of rotatable bonds is 5. The molecule has 2 amide bonds. The van der Waals surface area contributed by atoms with Gasteiger partial charge in [0.25, 0.3) is 0 Å². The molecule has 160 valence electrons. The zero-order valence-electron chi connectivity index (χ0n) is 17.3. The van der Waals surface area contributed by atoms with E-state index in [9.17, 15) is 18.0 Å². The average molecular weight is 424 g/mol. The first-order chi connectivity index (χ1) is 13.7. The van der Waals surface area contributed by atoms with Gasteiger partial charge in [0.2, 0.25) is 21.8 Å². The van der Waals surface area contributed by atoms with Gasteiger partial charge in [0.05, 0.1) is 19.8 Å². The molecule has 1 atom stereocenters. The number of carbonyl (C=O) groups is 2. The van der Waals surface area contributed by atoms with Crippen LogP contribution in [0.2, 0.25) is 0 Å². The molecule has 0 bridgehead atoms. The summed E-state index contributed by atoms with van der Waals surface area (Å²) in [6.07, 6.45) is 1.67. The van der Waals surface area contributed by atoms with Gasteiger partial charge in [-0.25, -0.2) is 8.42 Å². The third-order valence-corrected chi connectivity index (χ3v) is 7.03. The molecule has 0 saturated carbocycles. The van der Waals surface area contributed by atoms with E-state index >= 15 is 0 Å². The van der Waals surface area contributed by atoms with Gasteiger partial charge in [-0.15, -0.1) is 0 Å². The van der Waals surface area contributed by atoms with E-state index in [1.54, 1.807) is 16.9 Å². The fourth-order valence-electron chi connectivity index (χ4n) is 4.23. The first-order valence-corrected chi connectivity index (χ1v) is 11.6. The minimum absolute atomic E-state index is 0.0189. The highest BCUT2D eigenvalue weighted by atomic mass is 32.2. The lowest BCUT2D eigenvalue weighted by Gasteiger charge is -2.33. The van der Waals surface area contributed by atoms with Crippen molar-refractivity contribution in [1.29, 1.82) is 0 Å². The van der Waals surface area contributed by atoms with Crippen molar-refractivity contribution >= 4 is 21.8 Å². The summed E-state index contributed by atoms with van der Waals surface area (Å²) in [7, 11) is -1.83. The normalized spacial score (nSPS) is 23.5. The van der Waals surface area contributed by atoms with Gasteiger partial charge >= 0.3 is 0 Å². The van der Waals surface area contributed by atoms with Gasteiger partial charge in [-0.05, 0) is 24.6 Å². The summed E-state index contributed by atoms with van der Waals surface area (Å²) in [5.74, 6) is 0.681. The smallest absolute Gasteiger partial charge is 0.227 e. The summed E-state index contributed by atoms with van der Waals surface area (Å²) < 4.78 is 31.1. The monoisotopic (exact) mass is 423 g/mol. The molecule has 0 aliphatic carbocycles. The standard InChI is InChI=1S/C20H29N3O5S/c1-4-21-13-20(12-19(21)25)14-22(9-10-23(15-20)29(3,26)27)18(24)11-16-5-7-17(28-2)8-6-16/h5-8H,4,9-15H2,1-3H3. The number of hydrogen-bond acceptors (Lipinski definition) is 5. The number of benzene rings is 1. The van der Waals surface area contributed by atoms with Crippen LogP contribution in [0, 0.1) is 5.41 Å². The van der Waals surface area contributed by atoms with Gasteiger partial charge in [-0.2, -0.15) is 4.31 Å². The van der Waals surface area contributed by atoms with E-state index < -0.39 is 15.4 Å². The molecule has 1 aromatic rings. The Morgan fingerprint density at radius 2 is 1.83 bits per heavy atom. The third-order valence-electron chi connectivity index (χ3n) is 5.78. The fourth-order valence-corrected chi connectivity index (χ4v) is 5.15. The molecule has 1 unspecified atom stereocenters. The second kappa shape index (κ2) is 8.31. The molecule has 9 heteroatoms. The summed E-state index contributed by atoms with van der Waals surface area (Å²) in [5.41, 5.74) is 0.300. The number of methoxy groups -OCH3 is 1. The Morgan fingerprint density at radius 3 is 2.38 bits per heavy atom. The van der Waals surface area contributed by atoms with Crippen LogP contribution in [0.25, 0.3) is 0 Å². The number of ether oxygens (including phenoxy) is 1. The number of amides is 2. The molecule has 2 fully saturated rings. The highest BCUT2D eigenvalue weighted by molar-refractivity contribution is 7.88. The lowest BCUT2D eigenvalue weighted by Crippen LogP contribution is -2.45. The van der Waals surface area contributed by atoms with Gasteiger partial charge in [-0.1, -0.05) is 12.1 Å². The van der Waals surface area contributed by atoms with Crippen molar-refractivity contribution in [3.8, 4) is 5.75 Å². The maximum atomic E-state index is 13.0. The van der Waals surface area contributed by atoms with Crippen LogP contribution in [-0.2, 0) is 26.0 Å². The Bertz CT molecular complexity index is 871. The highest BCUT2D eigenvalue weighted by Gasteiger charge is 2.48. The van der Waals surface area contributed by atoms with E-state index in [1.807, 2.05) is 31.2 Å². The molecule has 1 aromatic carbocycles. The molecule has 2 aliphatic rings. The summed E-state index contributed by atoms with van der Waals surface area (Å²) >= 11 is 0. The van der Waals surface area contributed by atoms with Crippen molar-refractivity contribution in [2.45, 2.75) is 19.8 Å². The second-order valence-corrected chi connectivity index (χ2v) is 10.0. The lowest BCUT2D eigenvalue weighted by atomic mass is 9.86. The van der Waals surface area contributed by atoms with Crippen LogP contribution in [0.1, 0.15) is 18.9 Å². The SMILES string of the molecule is CCN1CC2(CC1=O)CN(C(=O)Cc1ccc(OC)cc1)CCN(S(C)(=O)=O)C2. The first kappa shape index (κ1) is 21.6. The van der Waals surface area contributed by atoms with Crippen LogP contribution in [0.3, 0.4) is 0 Å². The number of carbonyl (C=O) groups excluding carboxylic acids is 2. The van der Waals surface area contributed by atoms with Crippen molar-refractivity contribution < 1.29 is 22.7 Å². The fraction of sp³-hybridized carbons (Fsp3) is 0.600. The van der Waals surface area contributed by atoms with E-state index in [1.165, 1.54) is 10.6 Å². The van der Waals surface area contributed by atoms with E-state index in [4.69, 9.17) is 4.74 Å². The topological polar surface area (TPSA) is 87.2 Å². The van der Waals surface area contributed by atoms with Gasteiger partial charge in [-0.3, -0.25) is 9.59 Å². The van der Waals surface area contributed by atoms with E-state index in [-0.39, 0.29) is 37.7 Å². The van der Waals surface area contributed by atoms with Crippen LogP contribution in [0.4, 0.5) is 0 Å². The van der Waals surface area contributed by atoms with Crippen molar-refractivity contribution in [3.05, 3.63) is 29.8 Å². The maximum Gasteiger partial charge on any atom is 0.227 e. The summed E-state index contributed by atoms with van der Waals surface area (Å²) in [6.45, 7) is 4.19. The van der Waals surface area contributed by atoms with Crippen LogP contribution in [0.15, 0.2) is 24.3 Å². The van der Waals surface area contributed by atoms with Crippen molar-refractivity contribution in [2.75, 3.05) is 52.6 Å². The van der Waals surface area contributed by atoms with Crippen LogP contribution >= 0.6 is 0 Å². The number of likely N-dealkylation sites (tertiary alicyclic amines) is 1. The first-order valence-electron chi connectivity index (χ1n) is 9.79. The van der Waals surface area contributed by atoms with Gasteiger partial charge < -0.3 is 14.5 Å². The van der Waals surface area contributed by atoms with E-state index in [2.05, 4.69) is 0 Å². The molecule has 0 N–H and O–H groups in total. The Hall–Kier alpha value is -2.13. The predicted octanol–water partition coefficient (Wildman–Crippen LogP) is 0.580. The zero-order valence-corrected chi connectivity index (χ0v) is 18.1. The van der Waals surface area contributed by atoms with Gasteiger partial charge in [0.15, 0.2) is 0 Å². The molecule has 2 aliphatic heterocycles. The number of nitrogens with zero attached hydrogens (tertiary/aromatic N) is 3. The second-order valence-electron chi connectivity index (χ2n) is 8.02. The summed E-state index contributed by atoms with van der Waals surface area (Å²) in [6, 6.07) is 7.33. The largest absolute Gasteiger partial charge is 0.497 e. The Labute approximate surface area is 172 Å². The Morgan fingerprint density at radius 1 is 1.14 bits per heavy atom. The van der Waals surface area contributed by atoms with E-state index in [0.29, 0.717) is 26.2 Å². The Balaban J connectivity index is 1.81. The minimum atomic E-state index is -3.42. The summed E-state index contributed by atoms with van der Waals surface area (Å²) in [4.78, 5) is 28.9. The maximum absolute atomic E-state index is 13.0. The van der Waals surface area contributed by atoms with Crippen molar-refractivity contribution in [2.24, 2.45) is 5.41 Å². The molecule has 0 radical (unpaired) electrons. The van der Waals surface area contributed by atoms with Crippen molar-refractivity contribution in [3.63, 3.8) is 0 Å².